The number of rotatable bonds is 9. The third-order valence-electron chi connectivity index (χ3n) is 3.34. The zero-order valence-electron chi connectivity index (χ0n) is 13.1. The highest BCUT2D eigenvalue weighted by Crippen LogP contribution is 2.15. The second kappa shape index (κ2) is 9.23. The number of nitrogens with zero attached hydrogens (tertiary/aromatic N) is 1. The van der Waals surface area contributed by atoms with Crippen LogP contribution in [0.3, 0.4) is 0 Å². The summed E-state index contributed by atoms with van der Waals surface area (Å²) in [6.45, 7) is 3.92. The number of nitrogens with one attached hydrogen (secondary N) is 1. The number of Topliss-reactive ketones (excluding diaryl/α,β-unsaturated/α-hetero) is 1. The van der Waals surface area contributed by atoms with E-state index < -0.39 is 0 Å². The van der Waals surface area contributed by atoms with E-state index in [1.54, 1.807) is 0 Å². The van der Waals surface area contributed by atoms with E-state index in [9.17, 15) is 4.79 Å². The third kappa shape index (κ3) is 5.87. The maximum absolute atomic E-state index is 11.4. The molecule has 2 rings (SSSR count). The summed E-state index contributed by atoms with van der Waals surface area (Å²) in [5.41, 5.74) is 1.16. The van der Waals surface area contributed by atoms with E-state index in [0.717, 1.165) is 24.4 Å². The van der Waals surface area contributed by atoms with Crippen LogP contribution < -0.4 is 10.1 Å². The Kier molecular flexibility index (Phi) is 6.93. The van der Waals surface area contributed by atoms with Gasteiger partial charge in [0, 0.05) is 19.5 Å². The van der Waals surface area contributed by atoms with Crippen molar-refractivity contribution in [1.29, 1.82) is 0 Å². The van der Waals surface area contributed by atoms with Gasteiger partial charge >= 0.3 is 0 Å². The smallest absolute Gasteiger partial charge is 0.155 e. The predicted molar refractivity (Wildman–Crippen MR) is 85.9 cm³/mol. The summed E-state index contributed by atoms with van der Waals surface area (Å²) in [6.07, 6.45) is 4.46. The fourth-order valence-corrected chi connectivity index (χ4v) is 2.21. The lowest BCUT2D eigenvalue weighted by molar-refractivity contribution is -0.119. The number of benzene rings is 1. The molecule has 5 nitrogen and oxygen atoms in total. The van der Waals surface area contributed by atoms with Crippen molar-refractivity contribution >= 4 is 5.78 Å². The van der Waals surface area contributed by atoms with E-state index in [1.807, 2.05) is 48.5 Å². The second-order valence-electron chi connectivity index (χ2n) is 5.24. The van der Waals surface area contributed by atoms with Crippen molar-refractivity contribution < 1.29 is 14.3 Å². The van der Waals surface area contributed by atoms with Gasteiger partial charge in [0.1, 0.15) is 12.4 Å². The Morgan fingerprint density at radius 1 is 1.18 bits per heavy atom. The Morgan fingerprint density at radius 3 is 2.73 bits per heavy atom. The first-order valence-electron chi connectivity index (χ1n) is 7.64. The van der Waals surface area contributed by atoms with Crippen molar-refractivity contribution in [3.8, 4) is 5.75 Å². The standard InChI is InChI=1S/C17H24N2O3/c1-18-8-10-21-11-12-22-17-6-4-15(5-7-17)13-19-9-2-3-16(20)14-19/h2,4-7,9,18H,3,8,10-14H2,1H3. The molecule has 0 bridgehead atoms. The molecule has 1 heterocycles. The van der Waals surface area contributed by atoms with E-state index in [4.69, 9.17) is 9.47 Å². The number of hydrogen-bond donors (Lipinski definition) is 1. The fraction of sp³-hybridized carbons (Fsp3) is 0.471. The monoisotopic (exact) mass is 304 g/mol. The minimum Gasteiger partial charge on any atom is -0.491 e. The predicted octanol–water partition coefficient (Wildman–Crippen LogP) is 1.59. The molecule has 0 saturated heterocycles. The molecule has 0 atom stereocenters. The lowest BCUT2D eigenvalue weighted by Gasteiger charge is -2.22. The lowest BCUT2D eigenvalue weighted by Crippen LogP contribution is -2.27. The molecule has 1 aromatic rings. The summed E-state index contributed by atoms with van der Waals surface area (Å²) in [5.74, 6) is 1.10. The number of hydrogen-bond acceptors (Lipinski definition) is 5. The zero-order valence-corrected chi connectivity index (χ0v) is 13.1. The van der Waals surface area contributed by atoms with Crippen molar-refractivity contribution in [2.24, 2.45) is 0 Å². The molecule has 0 radical (unpaired) electrons. The first kappa shape index (κ1) is 16.5. The van der Waals surface area contributed by atoms with Crippen LogP contribution in [0.2, 0.25) is 0 Å². The highest BCUT2D eigenvalue weighted by molar-refractivity contribution is 5.82. The van der Waals surface area contributed by atoms with Gasteiger partial charge < -0.3 is 19.7 Å². The molecule has 0 amide bonds. The minimum atomic E-state index is 0.265. The number of ether oxygens (including phenoxy) is 2. The molecule has 1 aliphatic heterocycles. The van der Waals surface area contributed by atoms with Gasteiger partial charge in [0.2, 0.25) is 0 Å². The number of carbonyl (C=O) groups is 1. The third-order valence-corrected chi connectivity index (χ3v) is 3.34. The molecular formula is C17H24N2O3. The fourth-order valence-electron chi connectivity index (χ4n) is 2.21. The molecule has 1 N–H and O–H groups in total. The van der Waals surface area contributed by atoms with Gasteiger partial charge in [-0.05, 0) is 30.9 Å². The normalized spacial score (nSPS) is 14.4. The van der Waals surface area contributed by atoms with Gasteiger partial charge in [-0.25, -0.2) is 0 Å². The van der Waals surface area contributed by atoms with Crippen LogP contribution in [-0.2, 0) is 16.1 Å². The molecular weight excluding hydrogens is 280 g/mol. The van der Waals surface area contributed by atoms with Crippen molar-refractivity contribution in [3.63, 3.8) is 0 Å². The molecule has 0 aromatic heterocycles. The van der Waals surface area contributed by atoms with Crippen molar-refractivity contribution in [2.75, 3.05) is 40.0 Å². The molecule has 0 fully saturated rings. The number of carbonyl (C=O) groups excluding carboxylic acids is 1. The van der Waals surface area contributed by atoms with E-state index >= 15 is 0 Å². The van der Waals surface area contributed by atoms with Gasteiger partial charge in [0.25, 0.3) is 0 Å². The van der Waals surface area contributed by atoms with E-state index in [1.165, 1.54) is 0 Å². The van der Waals surface area contributed by atoms with Gasteiger partial charge in [-0.15, -0.1) is 0 Å². The van der Waals surface area contributed by atoms with Crippen LogP contribution in [-0.4, -0.2) is 50.6 Å². The number of allylic oxidation sites excluding steroid dienone is 1. The van der Waals surface area contributed by atoms with Crippen LogP contribution >= 0.6 is 0 Å². The highest BCUT2D eigenvalue weighted by Gasteiger charge is 2.11. The molecule has 120 valence electrons. The second-order valence-corrected chi connectivity index (χ2v) is 5.24. The summed E-state index contributed by atoms with van der Waals surface area (Å²) >= 11 is 0. The topological polar surface area (TPSA) is 50.8 Å². The average molecular weight is 304 g/mol. The Labute approximate surface area is 131 Å². The summed E-state index contributed by atoms with van der Waals surface area (Å²) in [5, 5.41) is 3.02. The largest absolute Gasteiger partial charge is 0.491 e. The minimum absolute atomic E-state index is 0.265. The Balaban J connectivity index is 1.70. The van der Waals surface area contributed by atoms with E-state index in [2.05, 4.69) is 5.32 Å². The first-order valence-corrected chi connectivity index (χ1v) is 7.64. The van der Waals surface area contributed by atoms with Gasteiger partial charge in [-0.3, -0.25) is 4.79 Å². The summed E-state index contributed by atoms with van der Waals surface area (Å²) in [6, 6.07) is 7.98. The van der Waals surface area contributed by atoms with Crippen molar-refractivity contribution in [2.45, 2.75) is 13.0 Å². The first-order chi connectivity index (χ1) is 10.8. The molecule has 22 heavy (non-hydrogen) atoms. The van der Waals surface area contributed by atoms with Crippen LogP contribution in [0.15, 0.2) is 36.5 Å². The van der Waals surface area contributed by atoms with Gasteiger partial charge in [-0.2, -0.15) is 0 Å². The molecule has 0 spiro atoms. The SMILES string of the molecule is CNCCOCCOc1ccc(CN2C=CCC(=O)C2)cc1. The summed E-state index contributed by atoms with van der Waals surface area (Å²) < 4.78 is 11.0. The summed E-state index contributed by atoms with van der Waals surface area (Å²) in [4.78, 5) is 13.4. The van der Waals surface area contributed by atoms with Crippen LogP contribution in [0.5, 0.6) is 5.75 Å². The van der Waals surface area contributed by atoms with Gasteiger partial charge in [0.05, 0.1) is 19.8 Å². The molecule has 1 aliphatic rings. The van der Waals surface area contributed by atoms with Crippen LogP contribution in [0, 0.1) is 0 Å². The average Bonchev–Trinajstić information content (AvgIpc) is 2.52. The van der Waals surface area contributed by atoms with Crippen LogP contribution in [0.1, 0.15) is 12.0 Å². The Hall–Kier alpha value is -1.85. The molecule has 5 heteroatoms. The maximum Gasteiger partial charge on any atom is 0.155 e. The molecule has 0 saturated carbocycles. The van der Waals surface area contributed by atoms with Crippen molar-refractivity contribution in [1.82, 2.24) is 10.2 Å². The number of ketones is 1. The Morgan fingerprint density at radius 2 is 2.00 bits per heavy atom. The molecule has 1 aromatic carbocycles. The summed E-state index contributed by atoms with van der Waals surface area (Å²) in [7, 11) is 1.90. The van der Waals surface area contributed by atoms with Crippen LogP contribution in [0.25, 0.3) is 0 Å². The lowest BCUT2D eigenvalue weighted by atomic mass is 10.1. The molecule has 0 unspecified atom stereocenters. The van der Waals surface area contributed by atoms with Crippen LogP contribution in [0.4, 0.5) is 0 Å². The van der Waals surface area contributed by atoms with Gasteiger partial charge in [0.15, 0.2) is 5.78 Å². The number of likely N-dealkylation sites (N-methyl/N-ethyl adjacent to an activating group) is 1. The van der Waals surface area contributed by atoms with Gasteiger partial charge in [-0.1, -0.05) is 18.2 Å². The van der Waals surface area contributed by atoms with E-state index in [-0.39, 0.29) is 5.78 Å². The quantitative estimate of drug-likeness (QED) is 0.702. The van der Waals surface area contributed by atoms with E-state index in [0.29, 0.717) is 32.8 Å². The maximum atomic E-state index is 11.4. The Bertz CT molecular complexity index is 485. The zero-order chi connectivity index (χ0) is 15.6. The van der Waals surface area contributed by atoms with Crippen molar-refractivity contribution in [3.05, 3.63) is 42.1 Å². The highest BCUT2D eigenvalue weighted by atomic mass is 16.5. The molecule has 0 aliphatic carbocycles.